The van der Waals surface area contributed by atoms with Gasteiger partial charge in [0.05, 0.1) is 12.8 Å². The normalized spacial score (nSPS) is 18.2. The van der Waals surface area contributed by atoms with Crippen molar-refractivity contribution in [2.75, 3.05) is 31.4 Å². The monoisotopic (exact) mass is 451 g/mol. The number of anilines is 2. The average Bonchev–Trinajstić information content (AvgIpc) is 3.35. The van der Waals surface area contributed by atoms with Gasteiger partial charge < -0.3 is 19.7 Å². The lowest BCUT2D eigenvalue weighted by Gasteiger charge is -2.39. The standard InChI is InChI=1S/C27H25N5O2/c1-31(2)18-14-12-17(13-15-18)25-23-24(30-27-28-16-29-32(25)27)19-8-4-7-11-22(19)34-26(23)20-9-5-6-10-21(20)33-3/h4-16,25-26H,1-3H3,(H,28,29,30). The summed E-state index contributed by atoms with van der Waals surface area (Å²) in [7, 11) is 5.77. The van der Waals surface area contributed by atoms with E-state index in [0.717, 1.165) is 45.1 Å². The zero-order chi connectivity index (χ0) is 23.2. The predicted octanol–water partition coefficient (Wildman–Crippen LogP) is 4.91. The van der Waals surface area contributed by atoms with E-state index in [0.29, 0.717) is 5.95 Å². The number of rotatable bonds is 4. The van der Waals surface area contributed by atoms with Gasteiger partial charge in [0.15, 0.2) is 6.10 Å². The summed E-state index contributed by atoms with van der Waals surface area (Å²) in [6.07, 6.45) is 1.22. The summed E-state index contributed by atoms with van der Waals surface area (Å²) in [6.45, 7) is 0. The van der Waals surface area contributed by atoms with Crippen LogP contribution in [0.1, 0.15) is 28.8 Å². The third kappa shape index (κ3) is 3.12. The van der Waals surface area contributed by atoms with Crippen molar-refractivity contribution in [3.8, 4) is 11.5 Å². The first kappa shape index (κ1) is 20.4. The van der Waals surface area contributed by atoms with Crippen LogP contribution in [0.4, 0.5) is 11.6 Å². The Balaban J connectivity index is 1.61. The minimum Gasteiger partial charge on any atom is -0.496 e. The maximum atomic E-state index is 6.69. The van der Waals surface area contributed by atoms with Crippen molar-refractivity contribution in [1.82, 2.24) is 14.8 Å². The molecule has 7 nitrogen and oxygen atoms in total. The summed E-state index contributed by atoms with van der Waals surface area (Å²) in [5, 5.41) is 8.14. The largest absolute Gasteiger partial charge is 0.496 e. The van der Waals surface area contributed by atoms with E-state index in [2.05, 4.69) is 56.7 Å². The molecule has 0 amide bonds. The molecule has 170 valence electrons. The lowest BCUT2D eigenvalue weighted by atomic mass is 9.84. The van der Waals surface area contributed by atoms with E-state index in [4.69, 9.17) is 9.47 Å². The molecule has 2 aliphatic rings. The van der Waals surface area contributed by atoms with E-state index < -0.39 is 0 Å². The van der Waals surface area contributed by atoms with Crippen LogP contribution in [0, 0.1) is 0 Å². The van der Waals surface area contributed by atoms with Gasteiger partial charge in [-0.15, -0.1) is 0 Å². The Bertz CT molecular complexity index is 1390. The molecule has 0 fully saturated rings. The van der Waals surface area contributed by atoms with Crippen LogP contribution in [0.15, 0.2) is 84.7 Å². The summed E-state index contributed by atoms with van der Waals surface area (Å²) >= 11 is 0. The molecule has 7 heteroatoms. The second-order valence-electron chi connectivity index (χ2n) is 8.61. The Morgan fingerprint density at radius 1 is 0.971 bits per heavy atom. The number of aromatic nitrogens is 3. The van der Waals surface area contributed by atoms with Crippen molar-refractivity contribution in [1.29, 1.82) is 0 Å². The SMILES string of the molecule is COc1ccccc1C1Oc2ccccc2C2=C1C(c1ccc(N(C)C)cc1)n1ncnc1N2. The zero-order valence-electron chi connectivity index (χ0n) is 19.3. The second-order valence-corrected chi connectivity index (χ2v) is 8.61. The predicted molar refractivity (Wildman–Crippen MR) is 132 cm³/mol. The van der Waals surface area contributed by atoms with Crippen molar-refractivity contribution in [3.63, 3.8) is 0 Å². The number of ether oxygens (including phenoxy) is 2. The van der Waals surface area contributed by atoms with Gasteiger partial charge in [0.25, 0.3) is 0 Å². The molecule has 1 aromatic heterocycles. The number of fused-ring (bicyclic) bond motifs is 3. The maximum Gasteiger partial charge on any atom is 0.226 e. The molecule has 0 bridgehead atoms. The van der Waals surface area contributed by atoms with Crippen molar-refractivity contribution in [2.24, 2.45) is 0 Å². The van der Waals surface area contributed by atoms with Crippen LogP contribution in [0.3, 0.4) is 0 Å². The van der Waals surface area contributed by atoms with Crippen LogP contribution in [0.25, 0.3) is 5.70 Å². The first-order valence-electron chi connectivity index (χ1n) is 11.2. The highest BCUT2D eigenvalue weighted by Gasteiger charge is 2.41. The molecule has 4 aromatic rings. The number of methoxy groups -OCH3 is 1. The van der Waals surface area contributed by atoms with E-state index >= 15 is 0 Å². The summed E-state index contributed by atoms with van der Waals surface area (Å²) < 4.78 is 14.4. The molecule has 3 heterocycles. The lowest BCUT2D eigenvalue weighted by Crippen LogP contribution is -2.32. The van der Waals surface area contributed by atoms with E-state index in [1.165, 1.54) is 0 Å². The fourth-order valence-electron chi connectivity index (χ4n) is 4.83. The van der Waals surface area contributed by atoms with Gasteiger partial charge in [-0.05, 0) is 35.9 Å². The molecular weight excluding hydrogens is 426 g/mol. The molecule has 0 saturated carbocycles. The summed E-state index contributed by atoms with van der Waals surface area (Å²) in [5.74, 6) is 2.31. The Labute approximate surface area is 198 Å². The van der Waals surface area contributed by atoms with E-state index in [-0.39, 0.29) is 12.1 Å². The molecule has 34 heavy (non-hydrogen) atoms. The van der Waals surface area contributed by atoms with Crippen LogP contribution >= 0.6 is 0 Å². The average molecular weight is 452 g/mol. The van der Waals surface area contributed by atoms with Crippen LogP contribution < -0.4 is 19.7 Å². The van der Waals surface area contributed by atoms with E-state index in [1.54, 1.807) is 13.4 Å². The Hall–Kier alpha value is -4.26. The Morgan fingerprint density at radius 2 is 1.74 bits per heavy atom. The first-order valence-corrected chi connectivity index (χ1v) is 11.2. The molecule has 0 aliphatic carbocycles. The molecule has 1 N–H and O–H groups in total. The molecule has 2 aliphatic heterocycles. The molecule has 0 radical (unpaired) electrons. The molecule has 2 atom stereocenters. The summed E-state index contributed by atoms with van der Waals surface area (Å²) in [4.78, 5) is 6.60. The fraction of sp³-hybridized carbons (Fsp3) is 0.185. The smallest absolute Gasteiger partial charge is 0.226 e. The van der Waals surface area contributed by atoms with Crippen molar-refractivity contribution < 1.29 is 9.47 Å². The van der Waals surface area contributed by atoms with Crippen LogP contribution in [0.2, 0.25) is 0 Å². The molecule has 3 aromatic carbocycles. The number of nitrogens with zero attached hydrogens (tertiary/aromatic N) is 4. The van der Waals surface area contributed by atoms with Crippen LogP contribution in [-0.4, -0.2) is 36.0 Å². The minimum absolute atomic E-state index is 0.201. The number of nitrogens with one attached hydrogen (secondary N) is 1. The Morgan fingerprint density at radius 3 is 2.53 bits per heavy atom. The van der Waals surface area contributed by atoms with Gasteiger partial charge >= 0.3 is 0 Å². The highest BCUT2D eigenvalue weighted by Crippen LogP contribution is 2.51. The first-order chi connectivity index (χ1) is 16.7. The second kappa shape index (κ2) is 7.95. The maximum absolute atomic E-state index is 6.69. The van der Waals surface area contributed by atoms with Gasteiger partial charge in [0.2, 0.25) is 5.95 Å². The number of hydrogen-bond donors (Lipinski definition) is 1. The third-order valence-electron chi connectivity index (χ3n) is 6.47. The highest BCUT2D eigenvalue weighted by molar-refractivity contribution is 5.85. The molecule has 6 rings (SSSR count). The molecular formula is C27H25N5O2. The number of benzene rings is 3. The lowest BCUT2D eigenvalue weighted by molar-refractivity contribution is 0.217. The van der Waals surface area contributed by atoms with Crippen molar-refractivity contribution in [2.45, 2.75) is 12.1 Å². The fourth-order valence-corrected chi connectivity index (χ4v) is 4.83. The number of para-hydroxylation sites is 2. The van der Waals surface area contributed by atoms with Gasteiger partial charge in [-0.3, -0.25) is 0 Å². The zero-order valence-corrected chi connectivity index (χ0v) is 19.3. The highest BCUT2D eigenvalue weighted by atomic mass is 16.5. The van der Waals surface area contributed by atoms with Gasteiger partial charge in [0, 0.05) is 36.5 Å². The minimum atomic E-state index is -0.371. The number of hydrogen-bond acceptors (Lipinski definition) is 6. The quantitative estimate of drug-likeness (QED) is 0.476. The van der Waals surface area contributed by atoms with E-state index in [1.807, 2.05) is 55.2 Å². The third-order valence-corrected chi connectivity index (χ3v) is 6.47. The van der Waals surface area contributed by atoms with Gasteiger partial charge in [-0.2, -0.15) is 10.1 Å². The van der Waals surface area contributed by atoms with Crippen molar-refractivity contribution in [3.05, 3.63) is 101 Å². The van der Waals surface area contributed by atoms with Crippen LogP contribution in [0.5, 0.6) is 11.5 Å². The van der Waals surface area contributed by atoms with Crippen LogP contribution in [-0.2, 0) is 0 Å². The van der Waals surface area contributed by atoms with Gasteiger partial charge in [-0.1, -0.05) is 42.5 Å². The summed E-state index contributed by atoms with van der Waals surface area (Å²) in [5.41, 5.74) is 6.28. The molecule has 0 saturated heterocycles. The van der Waals surface area contributed by atoms with Crippen molar-refractivity contribution >= 4 is 17.3 Å². The molecule has 0 spiro atoms. The topological polar surface area (TPSA) is 64.4 Å². The van der Waals surface area contributed by atoms with Gasteiger partial charge in [-0.25, -0.2) is 4.68 Å². The molecule has 2 unspecified atom stereocenters. The van der Waals surface area contributed by atoms with E-state index in [9.17, 15) is 0 Å². The summed E-state index contributed by atoms with van der Waals surface area (Å²) in [6, 6.07) is 24.5. The van der Waals surface area contributed by atoms with Gasteiger partial charge in [0.1, 0.15) is 23.9 Å². The Kier molecular flexibility index (Phi) is 4.76.